The van der Waals surface area contributed by atoms with E-state index >= 15 is 0 Å². The molecule has 1 aromatic carbocycles. The number of aryl methyl sites for hydroxylation is 2. The molecule has 0 bridgehead atoms. The van der Waals surface area contributed by atoms with E-state index in [2.05, 4.69) is 20.7 Å². The average molecular weight is 384 g/mol. The van der Waals surface area contributed by atoms with Gasteiger partial charge in [0.25, 0.3) is 5.91 Å². The van der Waals surface area contributed by atoms with Gasteiger partial charge in [-0.3, -0.25) is 20.4 Å². The maximum absolute atomic E-state index is 12.8. The Morgan fingerprint density at radius 2 is 1.81 bits per heavy atom. The molecule has 0 aliphatic rings. The van der Waals surface area contributed by atoms with Crippen molar-refractivity contribution in [2.24, 2.45) is 0 Å². The Bertz CT molecular complexity index is 889. The van der Waals surface area contributed by atoms with Gasteiger partial charge in [0.1, 0.15) is 16.4 Å². The number of carbonyl (C=O) groups is 2. The molecule has 0 aliphatic carbocycles. The Balaban J connectivity index is 1.80. The largest absolute Gasteiger partial charge is 0.360 e. The zero-order valence-corrected chi connectivity index (χ0v) is 14.8. The van der Waals surface area contributed by atoms with Crippen molar-refractivity contribution in [1.82, 2.24) is 20.7 Å². The Morgan fingerprint density at radius 1 is 1.15 bits per heavy atom. The first kappa shape index (κ1) is 19.5. The number of hydrogen-bond donors (Lipinski definition) is 3. The fourth-order valence-corrected chi connectivity index (χ4v) is 3.45. The number of nitrogens with one attached hydrogen (secondary N) is 3. The van der Waals surface area contributed by atoms with E-state index < -0.39 is 27.7 Å². The number of halogens is 1. The van der Waals surface area contributed by atoms with Crippen LogP contribution in [0.5, 0.6) is 0 Å². The predicted molar refractivity (Wildman–Crippen MR) is 87.8 cm³/mol. The molecule has 0 saturated heterocycles. The van der Waals surface area contributed by atoms with Crippen molar-refractivity contribution < 1.29 is 26.9 Å². The quantitative estimate of drug-likeness (QED) is 0.624. The van der Waals surface area contributed by atoms with Crippen molar-refractivity contribution in [2.75, 3.05) is 6.54 Å². The highest BCUT2D eigenvalue weighted by Crippen LogP contribution is 2.18. The van der Waals surface area contributed by atoms with Crippen LogP contribution in [-0.4, -0.2) is 31.9 Å². The zero-order valence-electron chi connectivity index (χ0n) is 14.0. The molecule has 9 nitrogen and oxygen atoms in total. The van der Waals surface area contributed by atoms with Gasteiger partial charge in [-0.1, -0.05) is 5.16 Å². The van der Waals surface area contributed by atoms with Gasteiger partial charge in [0.05, 0.1) is 0 Å². The van der Waals surface area contributed by atoms with Gasteiger partial charge in [-0.15, -0.1) is 0 Å². The highest BCUT2D eigenvalue weighted by atomic mass is 32.2. The van der Waals surface area contributed by atoms with Gasteiger partial charge in [-0.2, -0.15) is 0 Å². The molecule has 11 heteroatoms. The van der Waals surface area contributed by atoms with Crippen molar-refractivity contribution in [3.63, 3.8) is 0 Å². The molecule has 0 radical (unpaired) electrons. The minimum Gasteiger partial charge on any atom is -0.360 e. The second-order valence-corrected chi connectivity index (χ2v) is 7.01. The minimum absolute atomic E-state index is 0.0671. The lowest BCUT2D eigenvalue weighted by molar-refractivity contribution is -0.121. The van der Waals surface area contributed by atoms with Crippen LogP contribution in [0.15, 0.2) is 33.7 Å². The fourth-order valence-electron chi connectivity index (χ4n) is 2.09. The van der Waals surface area contributed by atoms with Crippen LogP contribution < -0.4 is 15.6 Å². The van der Waals surface area contributed by atoms with Crippen molar-refractivity contribution in [2.45, 2.75) is 25.2 Å². The van der Waals surface area contributed by atoms with E-state index in [-0.39, 0.29) is 34.9 Å². The molecule has 0 aliphatic heterocycles. The second-order valence-electron chi connectivity index (χ2n) is 5.31. The monoisotopic (exact) mass is 384 g/mol. The first-order chi connectivity index (χ1) is 12.2. The van der Waals surface area contributed by atoms with Gasteiger partial charge in [-0.05, 0) is 38.1 Å². The first-order valence-corrected chi connectivity index (χ1v) is 8.96. The van der Waals surface area contributed by atoms with E-state index in [0.29, 0.717) is 0 Å². The number of hydrogen-bond acceptors (Lipinski definition) is 6. The van der Waals surface area contributed by atoms with Crippen LogP contribution in [0.4, 0.5) is 4.39 Å². The summed E-state index contributed by atoms with van der Waals surface area (Å²) >= 11 is 0. The summed E-state index contributed by atoms with van der Waals surface area (Å²) in [6.07, 6.45) is -0.216. The average Bonchev–Trinajstić information content (AvgIpc) is 2.92. The van der Waals surface area contributed by atoms with Gasteiger partial charge in [0.2, 0.25) is 15.9 Å². The maximum Gasteiger partial charge on any atom is 0.269 e. The van der Waals surface area contributed by atoms with E-state index in [0.717, 1.165) is 12.1 Å². The molecular weight excluding hydrogens is 367 g/mol. The molecule has 0 unspecified atom stereocenters. The third-order valence-corrected chi connectivity index (χ3v) is 5.01. The Kier molecular flexibility index (Phi) is 6.05. The zero-order chi connectivity index (χ0) is 19.3. The molecule has 2 rings (SSSR count). The standard InChI is InChI=1S/C15H17FN4O5S/c1-9-14(10(2)25-20-9)26(23,24)17-8-7-13(21)18-19-15(22)11-3-5-12(16)6-4-11/h3-6,17H,7-8H2,1-2H3,(H,18,21)(H,19,22). The van der Waals surface area contributed by atoms with Crippen LogP contribution in [0.3, 0.4) is 0 Å². The van der Waals surface area contributed by atoms with Crippen LogP contribution in [-0.2, 0) is 14.8 Å². The number of benzene rings is 1. The first-order valence-electron chi connectivity index (χ1n) is 7.48. The van der Waals surface area contributed by atoms with Crippen LogP contribution in [0.25, 0.3) is 0 Å². The van der Waals surface area contributed by atoms with Gasteiger partial charge in [-0.25, -0.2) is 17.5 Å². The number of nitrogens with zero attached hydrogens (tertiary/aromatic N) is 1. The normalized spacial score (nSPS) is 11.2. The smallest absolute Gasteiger partial charge is 0.269 e. The van der Waals surface area contributed by atoms with Gasteiger partial charge >= 0.3 is 0 Å². The van der Waals surface area contributed by atoms with E-state index in [1.807, 2.05) is 0 Å². The summed E-state index contributed by atoms with van der Waals surface area (Å²) in [5.74, 6) is -1.58. The van der Waals surface area contributed by atoms with Gasteiger partial charge < -0.3 is 4.52 Å². The molecule has 1 aromatic heterocycles. The summed E-state index contributed by atoms with van der Waals surface area (Å²) in [4.78, 5) is 23.4. The van der Waals surface area contributed by atoms with E-state index in [1.54, 1.807) is 0 Å². The molecule has 0 fully saturated rings. The molecule has 2 amide bonds. The Morgan fingerprint density at radius 3 is 2.38 bits per heavy atom. The van der Waals surface area contributed by atoms with Crippen molar-refractivity contribution in [1.29, 1.82) is 0 Å². The van der Waals surface area contributed by atoms with Crippen LogP contribution in [0.1, 0.15) is 28.2 Å². The third kappa shape index (κ3) is 4.86. The number of sulfonamides is 1. The summed E-state index contributed by atoms with van der Waals surface area (Å²) in [7, 11) is -3.86. The summed E-state index contributed by atoms with van der Waals surface area (Å²) in [6, 6.07) is 4.74. The van der Waals surface area contributed by atoms with Gasteiger partial charge in [0, 0.05) is 18.5 Å². The molecule has 3 N–H and O–H groups in total. The second kappa shape index (κ2) is 8.06. The highest BCUT2D eigenvalue weighted by Gasteiger charge is 2.23. The molecule has 0 atom stereocenters. The maximum atomic E-state index is 12.8. The topological polar surface area (TPSA) is 130 Å². The van der Waals surface area contributed by atoms with E-state index in [1.165, 1.54) is 26.0 Å². The van der Waals surface area contributed by atoms with E-state index in [4.69, 9.17) is 4.52 Å². The Labute approximate surface area is 149 Å². The summed E-state index contributed by atoms with van der Waals surface area (Å²) in [5, 5.41) is 3.56. The predicted octanol–water partition coefficient (Wildman–Crippen LogP) is 0.560. The van der Waals surface area contributed by atoms with Crippen LogP contribution >= 0.6 is 0 Å². The molecular formula is C15H17FN4O5S. The lowest BCUT2D eigenvalue weighted by atomic mass is 10.2. The number of amides is 2. The number of aromatic nitrogens is 1. The molecule has 2 aromatic rings. The van der Waals surface area contributed by atoms with Crippen molar-refractivity contribution in [3.8, 4) is 0 Å². The highest BCUT2D eigenvalue weighted by molar-refractivity contribution is 7.89. The summed E-state index contributed by atoms with van der Waals surface area (Å²) < 4.78 is 44.1. The van der Waals surface area contributed by atoms with Crippen molar-refractivity contribution in [3.05, 3.63) is 47.1 Å². The SMILES string of the molecule is Cc1noc(C)c1S(=O)(=O)NCCC(=O)NNC(=O)c1ccc(F)cc1. The molecule has 1 heterocycles. The molecule has 26 heavy (non-hydrogen) atoms. The number of rotatable bonds is 6. The van der Waals surface area contributed by atoms with Gasteiger partial charge in [0.15, 0.2) is 5.76 Å². The fraction of sp³-hybridized carbons (Fsp3) is 0.267. The summed E-state index contributed by atoms with van der Waals surface area (Å²) in [6.45, 7) is 2.76. The van der Waals surface area contributed by atoms with Crippen LogP contribution in [0.2, 0.25) is 0 Å². The van der Waals surface area contributed by atoms with Crippen LogP contribution in [0, 0.1) is 19.7 Å². The lowest BCUT2D eigenvalue weighted by Gasteiger charge is -2.08. The minimum atomic E-state index is -3.86. The number of carbonyl (C=O) groups excluding carboxylic acids is 2. The Hall–Kier alpha value is -2.79. The van der Waals surface area contributed by atoms with Crippen molar-refractivity contribution >= 4 is 21.8 Å². The van der Waals surface area contributed by atoms with E-state index in [9.17, 15) is 22.4 Å². The lowest BCUT2D eigenvalue weighted by Crippen LogP contribution is -2.42. The molecule has 140 valence electrons. The summed E-state index contributed by atoms with van der Waals surface area (Å²) in [5.41, 5.74) is 4.66. The molecule has 0 saturated carbocycles. The third-order valence-electron chi connectivity index (χ3n) is 3.30. The number of hydrazine groups is 1. The molecule has 0 spiro atoms.